The number of anilines is 2. The summed E-state index contributed by atoms with van der Waals surface area (Å²) in [6.07, 6.45) is 4.08. The van der Waals surface area contributed by atoms with Gasteiger partial charge in [0.2, 0.25) is 11.8 Å². The van der Waals surface area contributed by atoms with Gasteiger partial charge in [0.1, 0.15) is 11.6 Å². The van der Waals surface area contributed by atoms with Gasteiger partial charge in [-0.1, -0.05) is 97.9 Å². The summed E-state index contributed by atoms with van der Waals surface area (Å²) in [5.74, 6) is -2.89. The zero-order valence-electron chi connectivity index (χ0n) is 29.2. The molecule has 3 heterocycles. The summed E-state index contributed by atoms with van der Waals surface area (Å²) in [4.78, 5) is 50.4. The molecule has 2 bridgehead atoms. The van der Waals surface area contributed by atoms with Crippen molar-refractivity contribution in [3.8, 4) is 0 Å². The smallest absolute Gasteiger partial charge is 0.253 e. The van der Waals surface area contributed by atoms with E-state index in [2.05, 4.69) is 13.2 Å². The molecule has 3 amide bonds. The molecule has 7 rings (SSSR count). The number of carbonyl (C=O) groups excluding carboxylic acids is 3. The Hall–Kier alpha value is -5.05. The monoisotopic (exact) mass is 683 g/mol. The summed E-state index contributed by atoms with van der Waals surface area (Å²) >= 11 is 0. The molecule has 1 spiro atoms. The summed E-state index contributed by atoms with van der Waals surface area (Å²) in [5, 5.41) is 13.0. The van der Waals surface area contributed by atoms with E-state index in [1.165, 1.54) is 0 Å². The van der Waals surface area contributed by atoms with Gasteiger partial charge in [0, 0.05) is 24.5 Å². The summed E-state index contributed by atoms with van der Waals surface area (Å²) in [6.45, 7) is 11.9. The van der Waals surface area contributed by atoms with E-state index < -0.39 is 35.1 Å². The summed E-state index contributed by atoms with van der Waals surface area (Å²) < 4.78 is 7.10. The third kappa shape index (κ3) is 5.58. The molecule has 262 valence electrons. The second-order valence-corrected chi connectivity index (χ2v) is 14.3. The number of carbonyl (C=O) groups is 3. The number of benzene rings is 4. The maximum atomic E-state index is 15.4. The van der Waals surface area contributed by atoms with Crippen molar-refractivity contribution in [1.29, 1.82) is 0 Å². The minimum Gasteiger partial charge on any atom is -0.394 e. The molecule has 3 aliphatic heterocycles. The molecule has 4 aromatic carbocycles. The van der Waals surface area contributed by atoms with E-state index in [0.29, 0.717) is 24.2 Å². The van der Waals surface area contributed by atoms with E-state index in [0.717, 1.165) is 16.3 Å². The lowest BCUT2D eigenvalue weighted by Gasteiger charge is -2.39. The Labute approximate surface area is 299 Å². The first-order valence-corrected chi connectivity index (χ1v) is 17.7. The lowest BCUT2D eigenvalue weighted by atomic mass is 9.62. The fourth-order valence-electron chi connectivity index (χ4n) is 9.03. The maximum Gasteiger partial charge on any atom is 0.253 e. The van der Waals surface area contributed by atoms with Crippen molar-refractivity contribution >= 4 is 39.9 Å². The highest BCUT2D eigenvalue weighted by molar-refractivity contribution is 6.07. The number of amides is 3. The van der Waals surface area contributed by atoms with Gasteiger partial charge in [-0.3, -0.25) is 14.4 Å². The van der Waals surface area contributed by atoms with Crippen molar-refractivity contribution in [3.63, 3.8) is 0 Å². The van der Waals surface area contributed by atoms with Gasteiger partial charge in [-0.15, -0.1) is 13.2 Å². The SMILES string of the molecule is C=CCN(C(=O)C1N([C@@H](CO)Cc2ccccc2)C(=O)[C@@H]2[C@@H](C(=O)N(CC=C)c3ccccc3)[C@]3(C)OC12CC3C)c1ccc2ccccc2c1. The molecule has 4 aromatic rings. The maximum absolute atomic E-state index is 15.4. The minimum atomic E-state index is -1.31. The summed E-state index contributed by atoms with van der Waals surface area (Å²) in [6, 6.07) is 31.0. The van der Waals surface area contributed by atoms with Crippen LogP contribution in [-0.4, -0.2) is 70.7 Å². The van der Waals surface area contributed by atoms with Crippen molar-refractivity contribution in [2.45, 2.75) is 50.0 Å². The van der Waals surface area contributed by atoms with E-state index >= 15 is 9.59 Å². The van der Waals surface area contributed by atoms with Crippen LogP contribution in [0.2, 0.25) is 0 Å². The number of fused-ring (bicyclic) bond motifs is 2. The molecule has 0 radical (unpaired) electrons. The van der Waals surface area contributed by atoms with Gasteiger partial charge < -0.3 is 24.5 Å². The molecule has 8 nitrogen and oxygen atoms in total. The highest BCUT2D eigenvalue weighted by Gasteiger charge is 2.80. The van der Waals surface area contributed by atoms with Gasteiger partial charge in [-0.2, -0.15) is 0 Å². The Morgan fingerprint density at radius 3 is 2.14 bits per heavy atom. The molecule has 3 saturated heterocycles. The van der Waals surface area contributed by atoms with Crippen molar-refractivity contribution in [2.75, 3.05) is 29.5 Å². The molecule has 0 aliphatic carbocycles. The quantitative estimate of drug-likeness (QED) is 0.180. The van der Waals surface area contributed by atoms with Gasteiger partial charge in [0.25, 0.3) is 5.91 Å². The zero-order valence-corrected chi connectivity index (χ0v) is 29.2. The van der Waals surface area contributed by atoms with E-state index in [1.54, 1.807) is 26.9 Å². The predicted octanol–water partition coefficient (Wildman–Crippen LogP) is 6.19. The van der Waals surface area contributed by atoms with Gasteiger partial charge in [-0.25, -0.2) is 0 Å². The molecule has 3 fully saturated rings. The third-order valence-corrected chi connectivity index (χ3v) is 11.4. The van der Waals surface area contributed by atoms with Crippen LogP contribution in [0.3, 0.4) is 0 Å². The standard InChI is InChI=1S/C43H45N3O5/c1-5-23-44(33-19-11-8-12-20-33)39(48)36-37-40(49)46(35(28-47)25-30-15-9-7-10-16-30)38(43(37)27-29(3)42(36,4)51-43)41(50)45(24-6-2)34-22-21-31-17-13-14-18-32(31)26-34/h5-22,26,29,35-38,47H,1-2,23-25,27-28H2,3-4H3/t29?,35-,36+,37+,38?,42-,43?/m1/s1. The predicted molar refractivity (Wildman–Crippen MR) is 200 cm³/mol. The van der Waals surface area contributed by atoms with Crippen molar-refractivity contribution in [2.24, 2.45) is 17.8 Å². The molecule has 8 heteroatoms. The Kier molecular flexibility index (Phi) is 9.16. The first-order valence-electron chi connectivity index (χ1n) is 17.7. The fourth-order valence-corrected chi connectivity index (χ4v) is 9.03. The van der Waals surface area contributed by atoms with Crippen LogP contribution in [0.5, 0.6) is 0 Å². The third-order valence-electron chi connectivity index (χ3n) is 11.4. The van der Waals surface area contributed by atoms with E-state index in [4.69, 9.17) is 4.74 Å². The van der Waals surface area contributed by atoms with Crippen LogP contribution in [0.15, 0.2) is 128 Å². The lowest BCUT2D eigenvalue weighted by molar-refractivity contribution is -0.149. The summed E-state index contributed by atoms with van der Waals surface area (Å²) in [5.41, 5.74) is -0.0517. The number of hydrogen-bond donors (Lipinski definition) is 1. The number of aliphatic hydroxyl groups excluding tert-OH is 1. The van der Waals surface area contributed by atoms with Crippen LogP contribution < -0.4 is 9.80 Å². The van der Waals surface area contributed by atoms with Gasteiger partial charge in [0.15, 0.2) is 0 Å². The van der Waals surface area contributed by atoms with Crippen LogP contribution in [-0.2, 0) is 25.5 Å². The largest absolute Gasteiger partial charge is 0.394 e. The lowest BCUT2D eigenvalue weighted by Crippen LogP contribution is -2.59. The second-order valence-electron chi connectivity index (χ2n) is 14.3. The molecule has 7 atom stereocenters. The first-order chi connectivity index (χ1) is 24.7. The van der Waals surface area contributed by atoms with Crippen molar-refractivity contribution in [1.82, 2.24) is 4.90 Å². The molecular formula is C43H45N3O5. The van der Waals surface area contributed by atoms with E-state index in [9.17, 15) is 9.90 Å². The first kappa shape index (κ1) is 34.4. The van der Waals surface area contributed by atoms with Crippen LogP contribution in [0.25, 0.3) is 10.8 Å². The Balaban J connectivity index is 1.37. The topological polar surface area (TPSA) is 90.4 Å². The molecule has 0 aromatic heterocycles. The number of nitrogens with zero attached hydrogens (tertiary/aromatic N) is 3. The highest BCUT2D eigenvalue weighted by atomic mass is 16.5. The van der Waals surface area contributed by atoms with Crippen molar-refractivity contribution < 1.29 is 24.2 Å². The molecule has 1 N–H and O–H groups in total. The number of para-hydroxylation sites is 1. The zero-order chi connectivity index (χ0) is 35.9. The molecule has 3 unspecified atom stereocenters. The number of rotatable bonds is 12. The minimum absolute atomic E-state index is 0.151. The second kappa shape index (κ2) is 13.6. The normalized spacial score (nSPS) is 26.9. The molecule has 0 saturated carbocycles. The number of likely N-dealkylation sites (tertiary alicyclic amines) is 1. The molecule has 3 aliphatic rings. The van der Waals surface area contributed by atoms with E-state index in [1.807, 2.05) is 117 Å². The molecule has 51 heavy (non-hydrogen) atoms. The van der Waals surface area contributed by atoms with Crippen LogP contribution in [0.4, 0.5) is 11.4 Å². The Morgan fingerprint density at radius 2 is 1.49 bits per heavy atom. The number of ether oxygens (including phenoxy) is 1. The Bertz CT molecular complexity index is 1970. The summed E-state index contributed by atoms with van der Waals surface area (Å²) in [7, 11) is 0. The fraction of sp³-hybridized carbons (Fsp3) is 0.326. The molecular weight excluding hydrogens is 638 g/mol. The van der Waals surface area contributed by atoms with Crippen LogP contribution >= 0.6 is 0 Å². The average molecular weight is 684 g/mol. The van der Waals surface area contributed by atoms with Crippen LogP contribution in [0.1, 0.15) is 25.8 Å². The Morgan fingerprint density at radius 1 is 0.882 bits per heavy atom. The van der Waals surface area contributed by atoms with Crippen LogP contribution in [0, 0.1) is 17.8 Å². The van der Waals surface area contributed by atoms with Gasteiger partial charge in [0.05, 0.1) is 30.1 Å². The van der Waals surface area contributed by atoms with E-state index in [-0.39, 0.29) is 43.3 Å². The van der Waals surface area contributed by atoms with Crippen molar-refractivity contribution in [3.05, 3.63) is 134 Å². The highest BCUT2D eigenvalue weighted by Crippen LogP contribution is 2.66. The van der Waals surface area contributed by atoms with Gasteiger partial charge >= 0.3 is 0 Å². The number of hydrogen-bond acceptors (Lipinski definition) is 5. The number of aliphatic hydroxyl groups is 1. The van der Waals surface area contributed by atoms with Gasteiger partial charge in [-0.05, 0) is 66.3 Å². The average Bonchev–Trinajstić information content (AvgIpc) is 3.67.